The summed E-state index contributed by atoms with van der Waals surface area (Å²) in [7, 11) is 0. The highest BCUT2D eigenvalue weighted by atomic mass is 32.1. The first-order valence-corrected chi connectivity index (χ1v) is 7.01. The molecule has 3 heteroatoms. The summed E-state index contributed by atoms with van der Waals surface area (Å²) in [6.45, 7) is 4.11. The van der Waals surface area contributed by atoms with Crippen LogP contribution in [0.2, 0.25) is 0 Å². The van der Waals surface area contributed by atoms with E-state index in [0.717, 1.165) is 22.0 Å². The maximum atomic E-state index is 4.60. The van der Waals surface area contributed by atoms with Crippen LogP contribution in [-0.2, 0) is 0 Å². The Morgan fingerprint density at radius 3 is 2.20 bits per heavy atom. The van der Waals surface area contributed by atoms with Crippen molar-refractivity contribution >= 4 is 12.6 Å². The lowest BCUT2D eigenvalue weighted by molar-refractivity contribution is 0.868. The van der Waals surface area contributed by atoms with Gasteiger partial charge in [-0.3, -0.25) is 0 Å². The quantitative estimate of drug-likeness (QED) is 0.687. The molecule has 0 unspecified atom stereocenters. The summed E-state index contributed by atoms with van der Waals surface area (Å²) >= 11 is 4.33. The Morgan fingerprint density at radius 1 is 0.900 bits per heavy atom. The third-order valence-electron chi connectivity index (χ3n) is 3.27. The lowest BCUT2D eigenvalue weighted by atomic mass is 10.1. The third kappa shape index (κ3) is 2.49. The van der Waals surface area contributed by atoms with Crippen molar-refractivity contribution in [3.8, 4) is 16.9 Å². The van der Waals surface area contributed by atoms with E-state index in [9.17, 15) is 0 Å². The molecule has 2 nitrogen and oxygen atoms in total. The first-order valence-electron chi connectivity index (χ1n) is 6.56. The van der Waals surface area contributed by atoms with Gasteiger partial charge in [-0.05, 0) is 44.2 Å². The van der Waals surface area contributed by atoms with Crippen LogP contribution in [0.1, 0.15) is 11.3 Å². The number of aromatic nitrogens is 2. The zero-order valence-corrected chi connectivity index (χ0v) is 12.4. The summed E-state index contributed by atoms with van der Waals surface area (Å²) in [6.07, 6.45) is 0. The molecule has 0 N–H and O–H groups in total. The molecular formula is C17H16N2S. The standard InChI is InChI=1S/C17H16N2S/c1-12-3-5-14(6-4-12)17-11-13(2)18-19(17)15-7-9-16(20)10-8-15/h3-11,20H,1-2H3. The summed E-state index contributed by atoms with van der Waals surface area (Å²) in [5.74, 6) is 0. The Balaban J connectivity index is 2.12. The van der Waals surface area contributed by atoms with Crippen LogP contribution in [0.25, 0.3) is 16.9 Å². The summed E-state index contributed by atoms with van der Waals surface area (Å²) < 4.78 is 1.98. The van der Waals surface area contributed by atoms with Crippen molar-refractivity contribution in [2.45, 2.75) is 18.7 Å². The van der Waals surface area contributed by atoms with E-state index in [1.54, 1.807) is 0 Å². The second kappa shape index (κ2) is 5.17. The van der Waals surface area contributed by atoms with Crippen molar-refractivity contribution < 1.29 is 0 Å². The molecule has 0 saturated carbocycles. The van der Waals surface area contributed by atoms with Gasteiger partial charge in [-0.1, -0.05) is 29.8 Å². The first-order chi connectivity index (χ1) is 9.63. The second-order valence-corrected chi connectivity index (χ2v) is 5.48. The van der Waals surface area contributed by atoms with E-state index in [4.69, 9.17) is 0 Å². The van der Waals surface area contributed by atoms with Crippen molar-refractivity contribution in [3.05, 3.63) is 65.9 Å². The molecule has 0 aliphatic heterocycles. The molecular weight excluding hydrogens is 264 g/mol. The van der Waals surface area contributed by atoms with Gasteiger partial charge in [-0.25, -0.2) is 4.68 Å². The number of nitrogens with zero attached hydrogens (tertiary/aromatic N) is 2. The topological polar surface area (TPSA) is 17.8 Å². The molecule has 0 fully saturated rings. The second-order valence-electron chi connectivity index (χ2n) is 4.97. The van der Waals surface area contributed by atoms with Gasteiger partial charge in [0.2, 0.25) is 0 Å². The van der Waals surface area contributed by atoms with Crippen LogP contribution in [0.4, 0.5) is 0 Å². The van der Waals surface area contributed by atoms with Gasteiger partial charge in [-0.2, -0.15) is 5.10 Å². The molecule has 20 heavy (non-hydrogen) atoms. The van der Waals surface area contributed by atoms with E-state index in [0.29, 0.717) is 0 Å². The highest BCUT2D eigenvalue weighted by molar-refractivity contribution is 7.80. The lowest BCUT2D eigenvalue weighted by Crippen LogP contribution is -1.99. The minimum absolute atomic E-state index is 0.953. The first kappa shape index (κ1) is 13.0. The van der Waals surface area contributed by atoms with E-state index in [1.165, 1.54) is 11.1 Å². The van der Waals surface area contributed by atoms with Crippen molar-refractivity contribution in [1.82, 2.24) is 9.78 Å². The number of rotatable bonds is 2. The normalized spacial score (nSPS) is 10.8. The predicted molar refractivity (Wildman–Crippen MR) is 85.7 cm³/mol. The molecule has 0 amide bonds. The molecule has 1 heterocycles. The van der Waals surface area contributed by atoms with Crippen molar-refractivity contribution in [3.63, 3.8) is 0 Å². The number of aryl methyl sites for hydroxylation is 2. The molecule has 2 aromatic carbocycles. The average molecular weight is 280 g/mol. The molecule has 1 aromatic heterocycles. The van der Waals surface area contributed by atoms with Crippen LogP contribution >= 0.6 is 12.6 Å². The number of hydrogen-bond donors (Lipinski definition) is 1. The zero-order chi connectivity index (χ0) is 14.1. The van der Waals surface area contributed by atoms with Crippen LogP contribution in [0.3, 0.4) is 0 Å². The number of hydrogen-bond acceptors (Lipinski definition) is 2. The van der Waals surface area contributed by atoms with Crippen molar-refractivity contribution in [1.29, 1.82) is 0 Å². The molecule has 0 radical (unpaired) electrons. The maximum absolute atomic E-state index is 4.60. The smallest absolute Gasteiger partial charge is 0.0743 e. The predicted octanol–water partition coefficient (Wildman–Crippen LogP) is 4.44. The van der Waals surface area contributed by atoms with Crippen LogP contribution in [0, 0.1) is 13.8 Å². The lowest BCUT2D eigenvalue weighted by Gasteiger charge is -2.08. The molecule has 0 aliphatic carbocycles. The largest absolute Gasteiger partial charge is 0.233 e. The Kier molecular flexibility index (Phi) is 3.36. The fraction of sp³-hybridized carbons (Fsp3) is 0.118. The van der Waals surface area contributed by atoms with E-state index in [2.05, 4.69) is 55.0 Å². The molecule has 3 aromatic rings. The average Bonchev–Trinajstić information content (AvgIpc) is 2.82. The van der Waals surface area contributed by atoms with E-state index in [1.807, 2.05) is 35.9 Å². The van der Waals surface area contributed by atoms with Gasteiger partial charge in [0.05, 0.1) is 17.1 Å². The zero-order valence-electron chi connectivity index (χ0n) is 11.5. The van der Waals surface area contributed by atoms with E-state index >= 15 is 0 Å². The SMILES string of the molecule is Cc1ccc(-c2cc(C)nn2-c2ccc(S)cc2)cc1. The van der Waals surface area contributed by atoms with Crippen molar-refractivity contribution in [2.75, 3.05) is 0 Å². The summed E-state index contributed by atoms with van der Waals surface area (Å²) in [5, 5.41) is 4.60. The molecule has 3 rings (SSSR count). The van der Waals surface area contributed by atoms with Crippen LogP contribution in [0.5, 0.6) is 0 Å². The van der Waals surface area contributed by atoms with Gasteiger partial charge < -0.3 is 0 Å². The molecule has 0 bridgehead atoms. The highest BCUT2D eigenvalue weighted by Crippen LogP contribution is 2.24. The Bertz CT molecular complexity index is 662. The van der Waals surface area contributed by atoms with Gasteiger partial charge in [0.1, 0.15) is 0 Å². The van der Waals surface area contributed by atoms with E-state index < -0.39 is 0 Å². The van der Waals surface area contributed by atoms with Gasteiger partial charge in [0.15, 0.2) is 0 Å². The highest BCUT2D eigenvalue weighted by Gasteiger charge is 2.09. The summed E-state index contributed by atoms with van der Waals surface area (Å²) in [6, 6.07) is 18.7. The molecule has 0 atom stereocenters. The van der Waals surface area contributed by atoms with E-state index in [-0.39, 0.29) is 0 Å². The van der Waals surface area contributed by atoms with Gasteiger partial charge in [0.25, 0.3) is 0 Å². The van der Waals surface area contributed by atoms with Gasteiger partial charge in [0, 0.05) is 10.5 Å². The minimum Gasteiger partial charge on any atom is -0.233 e. The Labute approximate surface area is 124 Å². The monoisotopic (exact) mass is 280 g/mol. The maximum Gasteiger partial charge on any atom is 0.0743 e. The summed E-state index contributed by atoms with van der Waals surface area (Å²) in [4.78, 5) is 0.953. The third-order valence-corrected chi connectivity index (χ3v) is 3.57. The van der Waals surface area contributed by atoms with Gasteiger partial charge in [-0.15, -0.1) is 12.6 Å². The molecule has 100 valence electrons. The Morgan fingerprint density at radius 2 is 1.55 bits per heavy atom. The molecule has 0 spiro atoms. The molecule has 0 aliphatic rings. The minimum atomic E-state index is 0.953. The van der Waals surface area contributed by atoms with Crippen molar-refractivity contribution in [2.24, 2.45) is 0 Å². The van der Waals surface area contributed by atoms with Gasteiger partial charge >= 0.3 is 0 Å². The Hall–Kier alpha value is -2.00. The summed E-state index contributed by atoms with van der Waals surface area (Å²) in [5.41, 5.74) is 5.60. The number of thiol groups is 1. The fourth-order valence-electron chi connectivity index (χ4n) is 2.22. The van der Waals surface area contributed by atoms with Crippen LogP contribution < -0.4 is 0 Å². The van der Waals surface area contributed by atoms with Crippen LogP contribution in [0.15, 0.2) is 59.5 Å². The fourth-order valence-corrected chi connectivity index (χ4v) is 2.37. The van der Waals surface area contributed by atoms with Crippen LogP contribution in [-0.4, -0.2) is 9.78 Å². The molecule has 0 saturated heterocycles. The number of benzene rings is 2.